The van der Waals surface area contributed by atoms with Gasteiger partial charge >= 0.3 is 0 Å². The van der Waals surface area contributed by atoms with E-state index in [4.69, 9.17) is 0 Å². The van der Waals surface area contributed by atoms with Crippen LogP contribution in [0.25, 0.3) is 0 Å². The zero-order valence-corrected chi connectivity index (χ0v) is 9.36. The zero-order valence-electron chi connectivity index (χ0n) is 8.54. The molecule has 1 aromatic rings. The number of allylic oxidation sites excluding steroid dienone is 4. The fourth-order valence-electron chi connectivity index (χ4n) is 1.42. The normalized spacial score (nSPS) is 15.5. The first-order valence-corrected chi connectivity index (χ1v) is 6.17. The highest BCUT2D eigenvalue weighted by atomic mass is 32.2. The Morgan fingerprint density at radius 1 is 0.867 bits per heavy atom. The highest BCUT2D eigenvalue weighted by Crippen LogP contribution is 2.20. The van der Waals surface area contributed by atoms with Crippen LogP contribution in [0.5, 0.6) is 0 Å². The standard InChI is InChI=1S/C14H14S/c1-2-7-11-14(10-6-1)15-12-13-8-4-3-5-9-13/h1-11,14H,12H2. The largest absolute Gasteiger partial charge is 0.145 e. The molecule has 0 saturated carbocycles. The third-order valence-electron chi connectivity index (χ3n) is 2.22. The predicted molar refractivity (Wildman–Crippen MR) is 68.9 cm³/mol. The molecule has 0 unspecified atom stereocenters. The molecule has 1 aromatic carbocycles. The lowest BCUT2D eigenvalue weighted by Crippen LogP contribution is -1.93. The van der Waals surface area contributed by atoms with Crippen LogP contribution in [0.2, 0.25) is 0 Å². The van der Waals surface area contributed by atoms with Gasteiger partial charge in [-0.25, -0.2) is 0 Å². The summed E-state index contributed by atoms with van der Waals surface area (Å²) in [7, 11) is 0. The molecular formula is C14H14S. The van der Waals surface area contributed by atoms with E-state index >= 15 is 0 Å². The summed E-state index contributed by atoms with van der Waals surface area (Å²) in [6.07, 6.45) is 12.8. The molecule has 0 saturated heterocycles. The lowest BCUT2D eigenvalue weighted by Gasteiger charge is -2.06. The molecule has 0 atom stereocenters. The minimum atomic E-state index is 0.500. The summed E-state index contributed by atoms with van der Waals surface area (Å²) in [6, 6.07) is 10.6. The van der Waals surface area contributed by atoms with Gasteiger partial charge < -0.3 is 0 Å². The van der Waals surface area contributed by atoms with Gasteiger partial charge in [-0.15, -0.1) is 11.8 Å². The fourth-order valence-corrected chi connectivity index (χ4v) is 2.40. The van der Waals surface area contributed by atoms with Crippen LogP contribution in [-0.4, -0.2) is 5.25 Å². The summed E-state index contributed by atoms with van der Waals surface area (Å²) in [4.78, 5) is 0. The number of hydrogen-bond donors (Lipinski definition) is 0. The molecule has 0 heterocycles. The van der Waals surface area contributed by atoms with Crippen LogP contribution in [-0.2, 0) is 5.75 Å². The number of benzene rings is 1. The Labute approximate surface area is 95.4 Å². The first kappa shape index (κ1) is 10.3. The van der Waals surface area contributed by atoms with Crippen molar-refractivity contribution in [2.75, 3.05) is 0 Å². The van der Waals surface area contributed by atoms with Crippen molar-refractivity contribution in [3.63, 3.8) is 0 Å². The third-order valence-corrected chi connectivity index (χ3v) is 3.42. The molecular weight excluding hydrogens is 200 g/mol. The van der Waals surface area contributed by atoms with Gasteiger partial charge in [-0.1, -0.05) is 66.8 Å². The SMILES string of the molecule is C1=CC=CC(SCc2ccccc2)C=C1. The first-order chi connectivity index (χ1) is 7.45. The second-order valence-corrected chi connectivity index (χ2v) is 4.58. The average molecular weight is 214 g/mol. The van der Waals surface area contributed by atoms with Gasteiger partial charge in [0.15, 0.2) is 0 Å². The lowest BCUT2D eigenvalue weighted by atomic mass is 10.2. The van der Waals surface area contributed by atoms with Crippen LogP contribution in [0.3, 0.4) is 0 Å². The Balaban J connectivity index is 1.88. The second-order valence-electron chi connectivity index (χ2n) is 3.42. The molecule has 15 heavy (non-hydrogen) atoms. The van der Waals surface area contributed by atoms with Crippen LogP contribution in [0.1, 0.15) is 5.56 Å². The van der Waals surface area contributed by atoms with E-state index in [-0.39, 0.29) is 0 Å². The summed E-state index contributed by atoms with van der Waals surface area (Å²) in [5, 5.41) is 0.500. The van der Waals surface area contributed by atoms with Crippen molar-refractivity contribution in [3.05, 3.63) is 72.4 Å². The summed E-state index contributed by atoms with van der Waals surface area (Å²) in [6.45, 7) is 0. The van der Waals surface area contributed by atoms with Gasteiger partial charge in [0.1, 0.15) is 0 Å². The van der Waals surface area contributed by atoms with Crippen molar-refractivity contribution in [1.29, 1.82) is 0 Å². The highest BCUT2D eigenvalue weighted by Gasteiger charge is 2.01. The minimum Gasteiger partial charge on any atom is -0.145 e. The predicted octanol–water partition coefficient (Wildman–Crippen LogP) is 3.97. The van der Waals surface area contributed by atoms with Gasteiger partial charge in [0.2, 0.25) is 0 Å². The zero-order chi connectivity index (χ0) is 10.3. The summed E-state index contributed by atoms with van der Waals surface area (Å²) in [5.41, 5.74) is 1.39. The fraction of sp³-hybridized carbons (Fsp3) is 0.143. The summed E-state index contributed by atoms with van der Waals surface area (Å²) >= 11 is 1.95. The molecule has 0 aromatic heterocycles. The Morgan fingerprint density at radius 3 is 2.20 bits per heavy atom. The maximum Gasteiger partial charge on any atom is 0.0417 e. The molecule has 0 radical (unpaired) electrons. The van der Waals surface area contributed by atoms with Crippen LogP contribution >= 0.6 is 11.8 Å². The van der Waals surface area contributed by atoms with Gasteiger partial charge in [0.05, 0.1) is 0 Å². The van der Waals surface area contributed by atoms with Crippen molar-refractivity contribution in [2.45, 2.75) is 11.0 Å². The first-order valence-electron chi connectivity index (χ1n) is 5.12. The van der Waals surface area contributed by atoms with Crippen molar-refractivity contribution in [2.24, 2.45) is 0 Å². The molecule has 1 heteroatoms. The average Bonchev–Trinajstić information content (AvgIpc) is 2.56. The van der Waals surface area contributed by atoms with Crippen LogP contribution in [0, 0.1) is 0 Å². The minimum absolute atomic E-state index is 0.500. The van der Waals surface area contributed by atoms with Gasteiger partial charge in [-0.3, -0.25) is 0 Å². The summed E-state index contributed by atoms with van der Waals surface area (Å²) in [5.74, 6) is 1.07. The Hall–Kier alpha value is -1.21. The molecule has 0 amide bonds. The monoisotopic (exact) mass is 214 g/mol. The number of hydrogen-bond acceptors (Lipinski definition) is 1. The topological polar surface area (TPSA) is 0 Å². The Kier molecular flexibility index (Phi) is 3.86. The van der Waals surface area contributed by atoms with Crippen molar-refractivity contribution in [1.82, 2.24) is 0 Å². The Bertz CT molecular complexity index is 358. The van der Waals surface area contributed by atoms with E-state index in [0.29, 0.717) is 5.25 Å². The van der Waals surface area contributed by atoms with Gasteiger partial charge in [0.25, 0.3) is 0 Å². The molecule has 1 aliphatic carbocycles. The van der Waals surface area contributed by atoms with Crippen molar-refractivity contribution < 1.29 is 0 Å². The molecule has 1 aliphatic rings. The molecule has 76 valence electrons. The molecule has 0 aliphatic heterocycles. The quantitative estimate of drug-likeness (QED) is 0.733. The molecule has 0 N–H and O–H groups in total. The van der Waals surface area contributed by atoms with Crippen LogP contribution < -0.4 is 0 Å². The van der Waals surface area contributed by atoms with Crippen LogP contribution in [0.4, 0.5) is 0 Å². The highest BCUT2D eigenvalue weighted by molar-refractivity contribution is 7.99. The Morgan fingerprint density at radius 2 is 1.53 bits per heavy atom. The molecule has 0 bridgehead atoms. The van der Waals surface area contributed by atoms with E-state index in [9.17, 15) is 0 Å². The molecule has 0 fully saturated rings. The van der Waals surface area contributed by atoms with E-state index in [1.165, 1.54) is 5.56 Å². The maximum atomic E-state index is 2.23. The van der Waals surface area contributed by atoms with E-state index in [1.807, 2.05) is 11.8 Å². The number of rotatable bonds is 3. The molecule has 0 spiro atoms. The van der Waals surface area contributed by atoms with Crippen LogP contribution in [0.15, 0.2) is 66.8 Å². The smallest absolute Gasteiger partial charge is 0.0417 e. The van der Waals surface area contributed by atoms with E-state index in [1.54, 1.807) is 0 Å². The van der Waals surface area contributed by atoms with E-state index in [0.717, 1.165) is 5.75 Å². The van der Waals surface area contributed by atoms with Gasteiger partial charge in [-0.05, 0) is 5.56 Å². The molecule has 0 nitrogen and oxygen atoms in total. The van der Waals surface area contributed by atoms with Crippen molar-refractivity contribution in [3.8, 4) is 0 Å². The van der Waals surface area contributed by atoms with Crippen molar-refractivity contribution >= 4 is 11.8 Å². The lowest BCUT2D eigenvalue weighted by molar-refractivity contribution is 1.36. The van der Waals surface area contributed by atoms with E-state index < -0.39 is 0 Å². The third kappa shape index (κ3) is 3.45. The van der Waals surface area contributed by atoms with Gasteiger partial charge in [0, 0.05) is 11.0 Å². The number of thioether (sulfide) groups is 1. The van der Waals surface area contributed by atoms with Gasteiger partial charge in [-0.2, -0.15) is 0 Å². The molecule has 2 rings (SSSR count). The second kappa shape index (κ2) is 5.62. The summed E-state index contributed by atoms with van der Waals surface area (Å²) < 4.78 is 0. The van der Waals surface area contributed by atoms with E-state index in [2.05, 4.69) is 66.8 Å². The maximum absolute atomic E-state index is 2.23.